The first-order valence-corrected chi connectivity index (χ1v) is 8.92. The summed E-state index contributed by atoms with van der Waals surface area (Å²) in [6.07, 6.45) is 2.10. The molecule has 1 aliphatic rings. The quantitative estimate of drug-likeness (QED) is 0.700. The van der Waals surface area contributed by atoms with E-state index in [1.807, 2.05) is 6.92 Å². The van der Waals surface area contributed by atoms with Crippen LogP contribution in [0.3, 0.4) is 0 Å². The minimum Gasteiger partial charge on any atom is -0.465 e. The number of anilines is 1. The van der Waals surface area contributed by atoms with E-state index >= 15 is 0 Å². The van der Waals surface area contributed by atoms with Gasteiger partial charge < -0.3 is 10.1 Å². The third kappa shape index (κ3) is 3.11. The Balaban J connectivity index is 1.74. The van der Waals surface area contributed by atoms with Crippen molar-refractivity contribution in [3.63, 3.8) is 0 Å². The third-order valence-corrected chi connectivity index (χ3v) is 4.86. The van der Waals surface area contributed by atoms with Gasteiger partial charge in [-0.05, 0) is 44.0 Å². The van der Waals surface area contributed by atoms with Crippen LogP contribution in [0.25, 0.3) is 11.0 Å². The highest BCUT2D eigenvalue weighted by Crippen LogP contribution is 2.40. The number of hydrogen-bond acceptors (Lipinski definition) is 5. The Labute approximate surface area is 160 Å². The zero-order valence-electron chi connectivity index (χ0n) is 15.7. The molecule has 0 unspecified atom stereocenters. The van der Waals surface area contributed by atoms with Crippen molar-refractivity contribution in [3.8, 4) is 0 Å². The molecule has 4 rings (SSSR count). The van der Waals surface area contributed by atoms with E-state index in [9.17, 15) is 14.0 Å². The number of benzene rings is 1. The van der Waals surface area contributed by atoms with E-state index < -0.39 is 11.8 Å². The molecule has 2 heterocycles. The normalized spacial score (nSPS) is 13.6. The monoisotopic (exact) mass is 382 g/mol. The van der Waals surface area contributed by atoms with Gasteiger partial charge in [0.25, 0.3) is 5.91 Å². The lowest BCUT2D eigenvalue weighted by atomic mass is 10.1. The topological polar surface area (TPSA) is 86.1 Å². The van der Waals surface area contributed by atoms with Crippen LogP contribution in [0.4, 0.5) is 10.1 Å². The summed E-state index contributed by atoms with van der Waals surface area (Å²) in [6.45, 7) is 1.82. The second-order valence-electron chi connectivity index (χ2n) is 6.92. The average Bonchev–Trinajstić information content (AvgIpc) is 3.48. The summed E-state index contributed by atoms with van der Waals surface area (Å²) >= 11 is 0. The van der Waals surface area contributed by atoms with Gasteiger partial charge in [0.15, 0.2) is 5.65 Å². The predicted octanol–water partition coefficient (Wildman–Crippen LogP) is 3.33. The van der Waals surface area contributed by atoms with Crippen LogP contribution in [-0.4, -0.2) is 33.8 Å². The van der Waals surface area contributed by atoms with Gasteiger partial charge >= 0.3 is 5.97 Å². The largest absolute Gasteiger partial charge is 0.465 e. The van der Waals surface area contributed by atoms with Crippen LogP contribution in [-0.2, 0) is 11.8 Å². The summed E-state index contributed by atoms with van der Waals surface area (Å²) in [5.41, 5.74) is 2.74. The molecule has 0 saturated heterocycles. The number of methoxy groups -OCH3 is 1. The average molecular weight is 382 g/mol. The lowest BCUT2D eigenvalue weighted by molar-refractivity contribution is 0.0595. The van der Waals surface area contributed by atoms with Crippen molar-refractivity contribution >= 4 is 28.6 Å². The molecule has 28 heavy (non-hydrogen) atoms. The van der Waals surface area contributed by atoms with Crippen molar-refractivity contribution in [2.75, 3.05) is 12.4 Å². The number of halogens is 1. The van der Waals surface area contributed by atoms with Gasteiger partial charge in [-0.3, -0.25) is 9.48 Å². The summed E-state index contributed by atoms with van der Waals surface area (Å²) in [5.74, 6) is -1.52. The molecule has 1 aromatic carbocycles. The lowest BCUT2D eigenvalue weighted by Gasteiger charge is -2.10. The van der Waals surface area contributed by atoms with Crippen LogP contribution >= 0.6 is 0 Å². The van der Waals surface area contributed by atoms with Gasteiger partial charge in [-0.1, -0.05) is 0 Å². The van der Waals surface area contributed by atoms with Crippen LogP contribution in [0, 0.1) is 12.7 Å². The number of pyridine rings is 1. The second-order valence-corrected chi connectivity index (χ2v) is 6.92. The van der Waals surface area contributed by atoms with Crippen LogP contribution in [0.15, 0.2) is 24.3 Å². The highest BCUT2D eigenvalue weighted by Gasteiger charge is 2.28. The van der Waals surface area contributed by atoms with Crippen LogP contribution in [0.1, 0.15) is 50.9 Å². The van der Waals surface area contributed by atoms with Gasteiger partial charge in [0.05, 0.1) is 29.3 Å². The molecule has 2 aromatic heterocycles. The minimum absolute atomic E-state index is 0.239. The van der Waals surface area contributed by atoms with Crippen LogP contribution in [0.2, 0.25) is 0 Å². The van der Waals surface area contributed by atoms with Crippen molar-refractivity contribution < 1.29 is 18.7 Å². The number of esters is 1. The van der Waals surface area contributed by atoms with Crippen LogP contribution < -0.4 is 5.32 Å². The summed E-state index contributed by atoms with van der Waals surface area (Å²) < 4.78 is 20.1. The number of nitrogens with one attached hydrogen (secondary N) is 1. The molecule has 0 spiro atoms. The maximum Gasteiger partial charge on any atom is 0.340 e. The summed E-state index contributed by atoms with van der Waals surface area (Å²) in [5, 5.41) is 7.81. The van der Waals surface area contributed by atoms with Crippen molar-refractivity contribution in [3.05, 3.63) is 52.6 Å². The van der Waals surface area contributed by atoms with E-state index in [1.165, 1.54) is 19.2 Å². The van der Waals surface area contributed by atoms with E-state index in [4.69, 9.17) is 0 Å². The molecule has 1 aliphatic carbocycles. The Hall–Kier alpha value is -3.29. The number of aryl methyl sites for hydroxylation is 2. The molecular weight excluding hydrogens is 363 g/mol. The standard InChI is InChI=1S/C20H19FN4O3/c1-10-17-14(9-16(11-4-5-11)23-18(17)25(2)24-10)19(26)22-12-6-7-15(21)13(8-12)20(27)28-3/h6-9,11H,4-5H2,1-3H3,(H,22,26). The zero-order chi connectivity index (χ0) is 20.0. The number of aromatic nitrogens is 3. The molecule has 0 bridgehead atoms. The molecule has 0 atom stereocenters. The smallest absolute Gasteiger partial charge is 0.340 e. The first kappa shape index (κ1) is 18.1. The molecule has 8 heteroatoms. The molecule has 3 aromatic rings. The number of hydrogen-bond donors (Lipinski definition) is 1. The Bertz CT molecular complexity index is 1120. The number of ether oxygens (including phenoxy) is 1. The van der Waals surface area contributed by atoms with Crippen molar-refractivity contribution in [1.29, 1.82) is 0 Å². The fourth-order valence-corrected chi connectivity index (χ4v) is 3.30. The molecule has 0 radical (unpaired) electrons. The Kier molecular flexibility index (Phi) is 4.33. The maximum atomic E-state index is 13.8. The number of rotatable bonds is 4. The van der Waals surface area contributed by atoms with Crippen LogP contribution in [0.5, 0.6) is 0 Å². The highest BCUT2D eigenvalue weighted by molar-refractivity contribution is 6.13. The van der Waals surface area contributed by atoms with Crippen molar-refractivity contribution in [2.45, 2.75) is 25.7 Å². The number of nitrogens with zero attached hydrogens (tertiary/aromatic N) is 3. The number of fused-ring (bicyclic) bond motifs is 1. The molecule has 1 saturated carbocycles. The van der Waals surface area contributed by atoms with Gasteiger partial charge in [0.2, 0.25) is 0 Å². The highest BCUT2D eigenvalue weighted by atomic mass is 19.1. The van der Waals surface area contributed by atoms with Gasteiger partial charge in [-0.25, -0.2) is 14.2 Å². The first-order valence-electron chi connectivity index (χ1n) is 8.92. The molecular formula is C20H19FN4O3. The Morgan fingerprint density at radius 3 is 2.68 bits per heavy atom. The van der Waals surface area contributed by atoms with E-state index in [2.05, 4.69) is 20.1 Å². The van der Waals surface area contributed by atoms with E-state index in [1.54, 1.807) is 17.8 Å². The Morgan fingerprint density at radius 2 is 2.00 bits per heavy atom. The van der Waals surface area contributed by atoms with E-state index in [0.717, 1.165) is 24.6 Å². The SMILES string of the molecule is COC(=O)c1cc(NC(=O)c2cc(C3CC3)nc3c2c(C)nn3C)ccc1F. The molecule has 1 N–H and O–H groups in total. The third-order valence-electron chi connectivity index (χ3n) is 4.86. The van der Waals surface area contributed by atoms with Gasteiger partial charge in [0, 0.05) is 24.3 Å². The van der Waals surface area contributed by atoms with Gasteiger partial charge in [-0.2, -0.15) is 5.10 Å². The van der Waals surface area contributed by atoms with E-state index in [-0.39, 0.29) is 11.5 Å². The lowest BCUT2D eigenvalue weighted by Crippen LogP contribution is -2.15. The van der Waals surface area contributed by atoms with Gasteiger partial charge in [-0.15, -0.1) is 0 Å². The summed E-state index contributed by atoms with van der Waals surface area (Å²) in [4.78, 5) is 29.4. The van der Waals surface area contributed by atoms with E-state index in [0.29, 0.717) is 33.9 Å². The fraction of sp³-hybridized carbons (Fsp3) is 0.300. The molecule has 0 aliphatic heterocycles. The van der Waals surface area contributed by atoms with Gasteiger partial charge in [0.1, 0.15) is 5.82 Å². The fourth-order valence-electron chi connectivity index (χ4n) is 3.30. The first-order chi connectivity index (χ1) is 13.4. The van der Waals surface area contributed by atoms with Crippen molar-refractivity contribution in [2.24, 2.45) is 7.05 Å². The predicted molar refractivity (Wildman–Crippen MR) is 101 cm³/mol. The number of carbonyl (C=O) groups is 2. The zero-order valence-corrected chi connectivity index (χ0v) is 15.7. The summed E-state index contributed by atoms with van der Waals surface area (Å²) in [7, 11) is 2.97. The maximum absolute atomic E-state index is 13.8. The minimum atomic E-state index is -0.806. The molecule has 144 valence electrons. The number of carbonyl (C=O) groups excluding carboxylic acids is 2. The molecule has 7 nitrogen and oxygen atoms in total. The molecule has 1 amide bonds. The molecule has 1 fully saturated rings. The number of amides is 1. The Morgan fingerprint density at radius 1 is 1.25 bits per heavy atom. The van der Waals surface area contributed by atoms with Crippen molar-refractivity contribution in [1.82, 2.24) is 14.8 Å². The second kappa shape index (κ2) is 6.70. The summed E-state index contributed by atoms with van der Waals surface area (Å²) in [6, 6.07) is 5.58.